The Labute approximate surface area is 143 Å². The van der Waals surface area contributed by atoms with Crippen LogP contribution in [-0.4, -0.2) is 25.4 Å². The molecule has 2 aromatic rings. The Morgan fingerprint density at radius 3 is 2.88 bits per heavy atom. The van der Waals surface area contributed by atoms with E-state index in [2.05, 4.69) is 29.6 Å². The monoisotopic (exact) mass is 327 g/mol. The summed E-state index contributed by atoms with van der Waals surface area (Å²) >= 11 is 0. The van der Waals surface area contributed by atoms with Gasteiger partial charge in [-0.15, -0.1) is 0 Å². The van der Waals surface area contributed by atoms with Crippen molar-refractivity contribution in [2.75, 3.05) is 20.3 Å². The lowest BCUT2D eigenvalue weighted by Gasteiger charge is -2.26. The molecular formula is C20H25NO3. The molecule has 0 aliphatic heterocycles. The number of rotatable bonds is 7. The van der Waals surface area contributed by atoms with Gasteiger partial charge in [-0.05, 0) is 48.1 Å². The normalized spacial score (nSPS) is 16.5. The van der Waals surface area contributed by atoms with Gasteiger partial charge >= 0.3 is 0 Å². The van der Waals surface area contributed by atoms with Crippen LogP contribution in [0.1, 0.15) is 35.6 Å². The number of hydrogen-bond acceptors (Lipinski definition) is 4. The third-order valence-electron chi connectivity index (χ3n) is 4.50. The Morgan fingerprint density at radius 2 is 2.04 bits per heavy atom. The summed E-state index contributed by atoms with van der Waals surface area (Å²) in [6, 6.07) is 15.1. The molecule has 2 aromatic carbocycles. The van der Waals surface area contributed by atoms with Crippen LogP contribution < -0.4 is 14.8 Å². The van der Waals surface area contributed by atoms with Gasteiger partial charge in [0.1, 0.15) is 6.61 Å². The van der Waals surface area contributed by atoms with Gasteiger partial charge in [-0.25, -0.2) is 0 Å². The summed E-state index contributed by atoms with van der Waals surface area (Å²) in [4.78, 5) is 0. The van der Waals surface area contributed by atoms with E-state index in [-0.39, 0.29) is 13.2 Å². The van der Waals surface area contributed by atoms with Gasteiger partial charge in [0.05, 0.1) is 13.7 Å². The zero-order valence-electron chi connectivity index (χ0n) is 14.1. The molecule has 0 saturated carbocycles. The predicted octanol–water partition coefficient (Wildman–Crippen LogP) is 3.23. The average Bonchev–Trinajstić information content (AvgIpc) is 2.64. The van der Waals surface area contributed by atoms with E-state index in [0.29, 0.717) is 17.5 Å². The molecule has 1 unspecified atom stereocenters. The van der Waals surface area contributed by atoms with Crippen molar-refractivity contribution in [2.24, 2.45) is 0 Å². The highest BCUT2D eigenvalue weighted by molar-refractivity contribution is 5.43. The Kier molecular flexibility index (Phi) is 5.72. The molecule has 0 fully saturated rings. The smallest absolute Gasteiger partial charge is 0.161 e. The van der Waals surface area contributed by atoms with Gasteiger partial charge in [0.25, 0.3) is 0 Å². The van der Waals surface area contributed by atoms with E-state index in [4.69, 9.17) is 14.6 Å². The summed E-state index contributed by atoms with van der Waals surface area (Å²) in [5.41, 5.74) is 4.05. The summed E-state index contributed by atoms with van der Waals surface area (Å²) < 4.78 is 10.9. The van der Waals surface area contributed by atoms with Crippen molar-refractivity contribution >= 4 is 0 Å². The third kappa shape index (κ3) is 3.89. The van der Waals surface area contributed by atoms with Gasteiger partial charge in [-0.2, -0.15) is 0 Å². The van der Waals surface area contributed by atoms with Crippen molar-refractivity contribution in [1.29, 1.82) is 0 Å². The van der Waals surface area contributed by atoms with Gasteiger partial charge in [0, 0.05) is 12.6 Å². The second kappa shape index (κ2) is 8.18. The maximum absolute atomic E-state index is 8.88. The molecule has 0 radical (unpaired) electrons. The zero-order chi connectivity index (χ0) is 16.8. The quantitative estimate of drug-likeness (QED) is 0.820. The van der Waals surface area contributed by atoms with Crippen LogP contribution in [0.15, 0.2) is 42.5 Å². The van der Waals surface area contributed by atoms with E-state index in [1.54, 1.807) is 7.11 Å². The lowest BCUT2D eigenvalue weighted by atomic mass is 9.87. The Hall–Kier alpha value is -2.04. The lowest BCUT2D eigenvalue weighted by molar-refractivity contribution is 0.196. The minimum atomic E-state index is -0.00640. The number of hydrogen-bond donors (Lipinski definition) is 2. The molecule has 4 nitrogen and oxygen atoms in total. The van der Waals surface area contributed by atoms with Crippen molar-refractivity contribution in [1.82, 2.24) is 5.32 Å². The van der Waals surface area contributed by atoms with E-state index in [1.807, 2.05) is 18.2 Å². The molecular weight excluding hydrogens is 302 g/mol. The number of aliphatic hydroxyl groups excluding tert-OH is 1. The van der Waals surface area contributed by atoms with Gasteiger partial charge < -0.3 is 19.9 Å². The van der Waals surface area contributed by atoms with Crippen LogP contribution in [0.5, 0.6) is 11.5 Å². The summed E-state index contributed by atoms with van der Waals surface area (Å²) in [6.45, 7) is 1.05. The molecule has 0 bridgehead atoms. The molecule has 0 saturated heterocycles. The fourth-order valence-corrected chi connectivity index (χ4v) is 3.30. The fraction of sp³-hybridized carbons (Fsp3) is 0.400. The molecule has 0 amide bonds. The summed E-state index contributed by atoms with van der Waals surface area (Å²) in [6.07, 6.45) is 3.58. The SMILES string of the molecule is COc1cc(CNC2CCCc3ccccc32)ccc1OCCO. The van der Waals surface area contributed by atoms with Crippen LogP contribution in [0.25, 0.3) is 0 Å². The van der Waals surface area contributed by atoms with Crippen molar-refractivity contribution in [3.05, 3.63) is 59.2 Å². The molecule has 0 heterocycles. The molecule has 24 heavy (non-hydrogen) atoms. The maximum Gasteiger partial charge on any atom is 0.161 e. The predicted molar refractivity (Wildman–Crippen MR) is 94.5 cm³/mol. The van der Waals surface area contributed by atoms with Crippen molar-refractivity contribution in [3.8, 4) is 11.5 Å². The highest BCUT2D eigenvalue weighted by Crippen LogP contribution is 2.31. The molecule has 4 heteroatoms. The second-order valence-electron chi connectivity index (χ2n) is 6.08. The number of methoxy groups -OCH3 is 1. The Bertz CT molecular complexity index is 672. The maximum atomic E-state index is 8.88. The van der Waals surface area contributed by atoms with Crippen molar-refractivity contribution in [3.63, 3.8) is 0 Å². The van der Waals surface area contributed by atoms with E-state index in [1.165, 1.54) is 30.4 Å². The number of benzene rings is 2. The molecule has 1 aliphatic rings. The van der Waals surface area contributed by atoms with Gasteiger partial charge in [0.2, 0.25) is 0 Å². The standard InChI is InChI=1S/C20H25NO3/c1-23-20-13-15(9-10-19(20)24-12-11-22)14-21-18-8-4-6-16-5-2-3-7-17(16)18/h2-3,5,7,9-10,13,18,21-22H,4,6,8,11-12,14H2,1H3. The minimum absolute atomic E-state index is 0.00640. The average molecular weight is 327 g/mol. The first-order valence-corrected chi connectivity index (χ1v) is 8.53. The number of fused-ring (bicyclic) bond motifs is 1. The van der Waals surface area contributed by atoms with Crippen LogP contribution >= 0.6 is 0 Å². The number of aliphatic hydroxyl groups is 1. The first-order chi connectivity index (χ1) is 11.8. The van der Waals surface area contributed by atoms with E-state index in [9.17, 15) is 0 Å². The molecule has 0 aromatic heterocycles. The first-order valence-electron chi connectivity index (χ1n) is 8.53. The fourth-order valence-electron chi connectivity index (χ4n) is 3.30. The van der Waals surface area contributed by atoms with Crippen LogP contribution in [0, 0.1) is 0 Å². The molecule has 0 spiro atoms. The number of aryl methyl sites for hydroxylation is 1. The van der Waals surface area contributed by atoms with Crippen molar-refractivity contribution in [2.45, 2.75) is 31.8 Å². The first kappa shape index (κ1) is 16.8. The summed E-state index contributed by atoms with van der Waals surface area (Å²) in [5, 5.41) is 12.6. The molecule has 1 aliphatic carbocycles. The minimum Gasteiger partial charge on any atom is -0.493 e. The number of nitrogens with one attached hydrogen (secondary N) is 1. The topological polar surface area (TPSA) is 50.7 Å². The zero-order valence-corrected chi connectivity index (χ0v) is 14.1. The van der Waals surface area contributed by atoms with Crippen LogP contribution in [0.3, 0.4) is 0 Å². The van der Waals surface area contributed by atoms with Gasteiger partial charge in [-0.1, -0.05) is 30.3 Å². The summed E-state index contributed by atoms with van der Waals surface area (Å²) in [7, 11) is 1.63. The summed E-state index contributed by atoms with van der Waals surface area (Å²) in [5.74, 6) is 1.37. The van der Waals surface area contributed by atoms with E-state index in [0.717, 1.165) is 12.1 Å². The largest absolute Gasteiger partial charge is 0.493 e. The lowest BCUT2D eigenvalue weighted by Crippen LogP contribution is -2.24. The van der Waals surface area contributed by atoms with Gasteiger partial charge in [0.15, 0.2) is 11.5 Å². The van der Waals surface area contributed by atoms with E-state index < -0.39 is 0 Å². The molecule has 3 rings (SSSR count). The van der Waals surface area contributed by atoms with Gasteiger partial charge in [-0.3, -0.25) is 0 Å². The third-order valence-corrected chi connectivity index (χ3v) is 4.50. The highest BCUT2D eigenvalue weighted by atomic mass is 16.5. The Morgan fingerprint density at radius 1 is 1.17 bits per heavy atom. The van der Waals surface area contributed by atoms with Crippen LogP contribution in [0.2, 0.25) is 0 Å². The molecule has 2 N–H and O–H groups in total. The second-order valence-corrected chi connectivity index (χ2v) is 6.08. The van der Waals surface area contributed by atoms with Crippen LogP contribution in [-0.2, 0) is 13.0 Å². The molecule has 1 atom stereocenters. The molecule has 128 valence electrons. The Balaban J connectivity index is 1.67. The van der Waals surface area contributed by atoms with Crippen LogP contribution in [0.4, 0.5) is 0 Å². The number of ether oxygens (including phenoxy) is 2. The highest BCUT2D eigenvalue weighted by Gasteiger charge is 2.19. The van der Waals surface area contributed by atoms with Crippen molar-refractivity contribution < 1.29 is 14.6 Å². The van der Waals surface area contributed by atoms with E-state index >= 15 is 0 Å².